The molecule has 1 aromatic heterocycles. The largest absolute Gasteiger partial charge is 0.411 e. The highest BCUT2D eigenvalue weighted by Gasteiger charge is 2.65. The van der Waals surface area contributed by atoms with E-state index in [1.54, 1.807) is 0 Å². The van der Waals surface area contributed by atoms with Gasteiger partial charge in [0.15, 0.2) is 6.23 Å². The highest BCUT2D eigenvalue weighted by molar-refractivity contribution is 8.02. The maximum atomic E-state index is 11.6. The minimum absolute atomic E-state index is 0.00373. The lowest BCUT2D eigenvalue weighted by Crippen LogP contribution is -2.53. The van der Waals surface area contributed by atoms with Gasteiger partial charge in [-0.1, -0.05) is 0 Å². The second-order valence-corrected chi connectivity index (χ2v) is 5.39. The van der Waals surface area contributed by atoms with Crippen molar-refractivity contribution in [1.82, 2.24) is 9.55 Å². The van der Waals surface area contributed by atoms with Crippen molar-refractivity contribution in [3.05, 3.63) is 33.1 Å². The molecule has 1 spiro atoms. The van der Waals surface area contributed by atoms with Crippen LogP contribution in [0.2, 0.25) is 0 Å². The Morgan fingerprint density at radius 3 is 2.68 bits per heavy atom. The van der Waals surface area contributed by atoms with Gasteiger partial charge in [0.05, 0.1) is 0 Å². The molecular weight excluding hydrogens is 296 g/mol. The van der Waals surface area contributed by atoms with Crippen LogP contribution in [0.15, 0.2) is 21.9 Å². The summed E-state index contributed by atoms with van der Waals surface area (Å²) in [5, 5.41) is 19.9. The summed E-state index contributed by atoms with van der Waals surface area (Å²) in [4.78, 5) is 23.3. The lowest BCUT2D eigenvalue weighted by Gasteiger charge is -2.37. The maximum absolute atomic E-state index is 11.6. The number of hydrogen-bond acceptors (Lipinski definition) is 8. The summed E-state index contributed by atoms with van der Waals surface area (Å²) in [5.41, 5.74) is -1.32. The van der Waals surface area contributed by atoms with Gasteiger partial charge in [-0.3, -0.25) is 14.3 Å². The molecule has 102 valence electrons. The minimum Gasteiger partial charge on any atom is -0.411 e. The zero-order chi connectivity index (χ0) is 13.8. The predicted molar refractivity (Wildman–Crippen MR) is 67.5 cm³/mol. The van der Waals surface area contributed by atoms with E-state index in [9.17, 15) is 19.8 Å². The Hall–Kier alpha value is -1.20. The maximum Gasteiger partial charge on any atom is 0.330 e. The van der Waals surface area contributed by atoms with Crippen LogP contribution in [0.5, 0.6) is 0 Å². The lowest BCUT2D eigenvalue weighted by atomic mass is 10.1. The van der Waals surface area contributed by atoms with Crippen LogP contribution in [0.1, 0.15) is 6.23 Å². The number of aliphatic hydroxyl groups is 2. The molecule has 2 aliphatic rings. The molecule has 0 saturated carbocycles. The van der Waals surface area contributed by atoms with E-state index in [2.05, 4.69) is 0 Å². The molecule has 0 aromatic carbocycles. The summed E-state index contributed by atoms with van der Waals surface area (Å²) in [6, 6.07) is 1.11. The molecule has 3 N–H and O–H groups in total. The molecule has 19 heavy (non-hydrogen) atoms. The molecule has 0 radical (unpaired) electrons. The zero-order valence-corrected chi connectivity index (χ0v) is 10.8. The fourth-order valence-electron chi connectivity index (χ4n) is 1.94. The molecule has 0 bridgehead atoms. The van der Waals surface area contributed by atoms with Gasteiger partial charge in [0.1, 0.15) is 24.3 Å². The number of thiocarbonyl (C=S) groups is 1. The first-order valence-corrected chi connectivity index (χ1v) is 6.36. The molecule has 2 aliphatic heterocycles. The summed E-state index contributed by atoms with van der Waals surface area (Å²) in [7, 11) is 0. The quantitative estimate of drug-likeness (QED) is 0.424. The van der Waals surface area contributed by atoms with Gasteiger partial charge in [-0.05, 0) is 12.2 Å². The van der Waals surface area contributed by atoms with Crippen molar-refractivity contribution in [3.8, 4) is 0 Å². The summed E-state index contributed by atoms with van der Waals surface area (Å²) in [6.45, 7) is 0. The SMILES string of the molecule is O=c1ccn([C@@H]2O[C@@]3(SOC3=S)[C@@H](O)[C@H]2O)c(=O)[nH]1. The third-order valence-corrected chi connectivity index (χ3v) is 4.59. The Morgan fingerprint density at radius 1 is 1.47 bits per heavy atom. The molecule has 10 heteroatoms. The molecule has 0 unspecified atom stereocenters. The van der Waals surface area contributed by atoms with Crippen LogP contribution in [0.4, 0.5) is 0 Å². The first kappa shape index (κ1) is 12.8. The second kappa shape index (κ2) is 4.15. The van der Waals surface area contributed by atoms with Crippen LogP contribution in [0.25, 0.3) is 0 Å². The Balaban J connectivity index is 2.01. The van der Waals surface area contributed by atoms with Gasteiger partial charge in [0, 0.05) is 12.3 Å². The minimum atomic E-state index is -1.38. The molecule has 4 atom stereocenters. The van der Waals surface area contributed by atoms with Crippen LogP contribution < -0.4 is 11.2 Å². The number of aromatic amines is 1. The fraction of sp³-hybridized carbons (Fsp3) is 0.444. The number of nitrogens with zero attached hydrogens (tertiary/aromatic N) is 1. The molecule has 2 fully saturated rings. The number of H-pyrrole nitrogens is 1. The average Bonchev–Trinajstić information content (AvgIpc) is 2.64. The van der Waals surface area contributed by atoms with E-state index in [0.29, 0.717) is 0 Å². The molecule has 0 amide bonds. The summed E-state index contributed by atoms with van der Waals surface area (Å²) in [5.74, 6) is 0. The Bertz CT molecular complexity index is 657. The molecule has 0 aliphatic carbocycles. The molecule has 3 rings (SSSR count). The Morgan fingerprint density at radius 2 is 2.21 bits per heavy atom. The van der Waals surface area contributed by atoms with Crippen LogP contribution in [0.3, 0.4) is 0 Å². The summed E-state index contributed by atoms with van der Waals surface area (Å²) in [6.07, 6.45) is -2.69. The third kappa shape index (κ3) is 1.68. The average molecular weight is 304 g/mol. The summed E-state index contributed by atoms with van der Waals surface area (Å²) < 4.78 is 11.3. The highest BCUT2D eigenvalue weighted by Crippen LogP contribution is 2.52. The third-order valence-electron chi connectivity index (χ3n) is 2.95. The first-order valence-electron chi connectivity index (χ1n) is 5.21. The summed E-state index contributed by atoms with van der Waals surface area (Å²) >= 11 is 5.64. The smallest absolute Gasteiger partial charge is 0.330 e. The van der Waals surface area contributed by atoms with Gasteiger partial charge in [-0.15, -0.1) is 0 Å². The molecule has 1 aromatic rings. The van der Waals surface area contributed by atoms with Crippen LogP contribution in [0, 0.1) is 0 Å². The number of aromatic nitrogens is 2. The Kier molecular flexibility index (Phi) is 2.80. The van der Waals surface area contributed by atoms with Gasteiger partial charge in [-0.25, -0.2) is 4.79 Å². The van der Waals surface area contributed by atoms with E-state index in [4.69, 9.17) is 21.1 Å². The molecule has 8 nitrogen and oxygen atoms in total. The lowest BCUT2D eigenvalue weighted by molar-refractivity contribution is -0.0409. The molecule has 2 saturated heterocycles. The highest BCUT2D eigenvalue weighted by atomic mass is 32.2. The molecule has 3 heterocycles. The van der Waals surface area contributed by atoms with Gasteiger partial charge >= 0.3 is 5.69 Å². The second-order valence-electron chi connectivity index (χ2n) is 4.08. The van der Waals surface area contributed by atoms with Crippen molar-refractivity contribution >= 4 is 29.3 Å². The monoisotopic (exact) mass is 304 g/mol. The van der Waals surface area contributed by atoms with E-state index in [-0.39, 0.29) is 5.05 Å². The van der Waals surface area contributed by atoms with Crippen molar-refractivity contribution in [2.45, 2.75) is 23.4 Å². The van der Waals surface area contributed by atoms with Crippen LogP contribution in [-0.4, -0.2) is 42.0 Å². The van der Waals surface area contributed by atoms with E-state index in [1.807, 2.05) is 4.98 Å². The van der Waals surface area contributed by atoms with Crippen molar-refractivity contribution in [2.24, 2.45) is 0 Å². The number of hydrogen-bond donors (Lipinski definition) is 3. The molecular formula is C9H8N2O6S2. The predicted octanol–water partition coefficient (Wildman–Crippen LogP) is -1.51. The Labute approximate surface area is 115 Å². The van der Waals surface area contributed by atoms with Gasteiger partial charge in [0.25, 0.3) is 10.5 Å². The first-order chi connectivity index (χ1) is 8.95. The van der Waals surface area contributed by atoms with Gasteiger partial charge in [0.2, 0.25) is 5.05 Å². The van der Waals surface area contributed by atoms with E-state index >= 15 is 0 Å². The van der Waals surface area contributed by atoms with Crippen molar-refractivity contribution in [2.75, 3.05) is 0 Å². The number of rotatable bonds is 1. The number of aliphatic hydroxyl groups excluding tert-OH is 2. The topological polar surface area (TPSA) is 114 Å². The zero-order valence-electron chi connectivity index (χ0n) is 9.18. The number of nitrogens with one attached hydrogen (secondary N) is 1. The fourth-order valence-corrected chi connectivity index (χ4v) is 3.01. The standard InChI is InChI=1S/C9H8N2O6S2/c12-3-1-2-11(8(15)10-3)6-4(13)5(14)9(16-6)7(18)17-19-9/h1-2,4-6,13-14H,(H,10,12,15)/t4-,5+,6-,9-/m1/s1. The van der Waals surface area contributed by atoms with Gasteiger partial charge in [-0.2, -0.15) is 0 Å². The van der Waals surface area contributed by atoms with Crippen molar-refractivity contribution in [1.29, 1.82) is 0 Å². The van der Waals surface area contributed by atoms with E-state index < -0.39 is 34.6 Å². The van der Waals surface area contributed by atoms with Crippen molar-refractivity contribution in [3.63, 3.8) is 0 Å². The number of ether oxygens (including phenoxy) is 1. The van der Waals surface area contributed by atoms with Gasteiger partial charge < -0.3 is 19.1 Å². The normalized spacial score (nSPS) is 37.2. The van der Waals surface area contributed by atoms with E-state index in [1.165, 1.54) is 6.20 Å². The van der Waals surface area contributed by atoms with Crippen LogP contribution in [-0.2, 0) is 8.92 Å². The van der Waals surface area contributed by atoms with Crippen LogP contribution >= 0.6 is 24.3 Å². The van der Waals surface area contributed by atoms with Crippen molar-refractivity contribution < 1.29 is 19.1 Å². The van der Waals surface area contributed by atoms with E-state index in [0.717, 1.165) is 22.7 Å².